The summed E-state index contributed by atoms with van der Waals surface area (Å²) in [5.74, 6) is 1.64. The number of amides is 1. The van der Waals surface area contributed by atoms with Crippen LogP contribution in [0, 0.1) is 0 Å². The van der Waals surface area contributed by atoms with E-state index < -0.39 is 0 Å². The largest absolute Gasteiger partial charge is 0.488 e. The molecule has 244 valence electrons. The van der Waals surface area contributed by atoms with Gasteiger partial charge in [-0.15, -0.1) is 0 Å². The van der Waals surface area contributed by atoms with Crippen molar-refractivity contribution in [2.24, 2.45) is 0 Å². The second-order valence-electron chi connectivity index (χ2n) is 11.8. The predicted octanol–water partition coefficient (Wildman–Crippen LogP) is 8.88. The lowest BCUT2D eigenvalue weighted by Gasteiger charge is -2.20. The van der Waals surface area contributed by atoms with Crippen LogP contribution < -0.4 is 14.8 Å². The van der Waals surface area contributed by atoms with Crippen molar-refractivity contribution in [1.82, 2.24) is 15.4 Å². The van der Waals surface area contributed by atoms with E-state index in [4.69, 9.17) is 14.0 Å². The molecule has 0 unspecified atom stereocenters. The van der Waals surface area contributed by atoms with Crippen LogP contribution in [0.3, 0.4) is 0 Å². The van der Waals surface area contributed by atoms with E-state index in [0.29, 0.717) is 42.4 Å². The number of benzene rings is 4. The first kappa shape index (κ1) is 33.5. The van der Waals surface area contributed by atoms with Crippen molar-refractivity contribution in [2.75, 3.05) is 19.6 Å². The van der Waals surface area contributed by atoms with Gasteiger partial charge in [-0.3, -0.25) is 9.69 Å². The third kappa shape index (κ3) is 8.29. The lowest BCUT2D eigenvalue weighted by Crippen LogP contribution is -2.23. The third-order valence-corrected chi connectivity index (χ3v) is 8.24. The molecule has 0 aliphatic heterocycles. The Morgan fingerprint density at radius 3 is 1.94 bits per heavy atom. The first-order chi connectivity index (χ1) is 22.9. The number of aromatic nitrogens is 1. The van der Waals surface area contributed by atoms with Gasteiger partial charge in [-0.25, -0.2) is 0 Å². The van der Waals surface area contributed by atoms with Gasteiger partial charge in [0.25, 0.3) is 5.91 Å². The molecule has 0 aliphatic rings. The normalized spacial score (nSPS) is 11.2. The van der Waals surface area contributed by atoms with Crippen LogP contribution in [0.25, 0.3) is 22.5 Å². The second-order valence-corrected chi connectivity index (χ2v) is 11.8. The number of rotatable bonds is 15. The van der Waals surface area contributed by atoms with Crippen molar-refractivity contribution >= 4 is 5.91 Å². The molecule has 5 aromatic rings. The Morgan fingerprint density at radius 2 is 1.38 bits per heavy atom. The van der Waals surface area contributed by atoms with Crippen LogP contribution in [-0.4, -0.2) is 35.6 Å². The Kier molecular flexibility index (Phi) is 11.5. The maximum atomic E-state index is 13.3. The smallest absolute Gasteiger partial charge is 0.274 e. The van der Waals surface area contributed by atoms with Crippen LogP contribution in [0.2, 0.25) is 0 Å². The molecular formula is C40H45N3O4. The van der Waals surface area contributed by atoms with Gasteiger partial charge in [0.1, 0.15) is 24.7 Å². The van der Waals surface area contributed by atoms with E-state index >= 15 is 0 Å². The zero-order valence-electron chi connectivity index (χ0n) is 28.1. The van der Waals surface area contributed by atoms with Crippen molar-refractivity contribution in [1.29, 1.82) is 0 Å². The molecule has 1 N–H and O–H groups in total. The molecule has 4 aromatic carbocycles. The fourth-order valence-corrected chi connectivity index (χ4v) is 5.54. The Balaban J connectivity index is 1.63. The molecule has 1 heterocycles. The van der Waals surface area contributed by atoms with Gasteiger partial charge < -0.3 is 19.3 Å². The van der Waals surface area contributed by atoms with Crippen LogP contribution in [0.4, 0.5) is 0 Å². The maximum Gasteiger partial charge on any atom is 0.274 e. The minimum atomic E-state index is -0.289. The monoisotopic (exact) mass is 631 g/mol. The van der Waals surface area contributed by atoms with E-state index in [2.05, 4.69) is 61.3 Å². The van der Waals surface area contributed by atoms with Gasteiger partial charge in [-0.1, -0.05) is 118 Å². The summed E-state index contributed by atoms with van der Waals surface area (Å²) in [6, 6.07) is 32.5. The molecule has 1 amide bonds. The summed E-state index contributed by atoms with van der Waals surface area (Å²) in [5, 5.41) is 7.24. The Morgan fingerprint density at radius 1 is 0.787 bits per heavy atom. The molecule has 0 fully saturated rings. The Bertz CT molecular complexity index is 1730. The fraction of sp³-hybridized carbons (Fsp3) is 0.300. The summed E-state index contributed by atoms with van der Waals surface area (Å²) in [4.78, 5) is 15.7. The number of hydrogen-bond acceptors (Lipinski definition) is 6. The summed E-state index contributed by atoms with van der Waals surface area (Å²) in [6.45, 7) is 14.5. The van der Waals surface area contributed by atoms with Crippen LogP contribution in [0.1, 0.15) is 73.3 Å². The summed E-state index contributed by atoms with van der Waals surface area (Å²) in [7, 11) is 0. The molecule has 7 nitrogen and oxygen atoms in total. The van der Waals surface area contributed by atoms with Crippen molar-refractivity contribution in [2.45, 2.75) is 60.3 Å². The lowest BCUT2D eigenvalue weighted by molar-refractivity contribution is 0.0947. The van der Waals surface area contributed by atoms with Crippen molar-refractivity contribution in [3.63, 3.8) is 0 Å². The molecule has 0 aliphatic carbocycles. The molecule has 5 rings (SSSR count). The van der Waals surface area contributed by atoms with Gasteiger partial charge in [0.2, 0.25) is 0 Å². The lowest BCUT2D eigenvalue weighted by atomic mass is 9.93. The standard InChI is InChI=1S/C40H45N3O4/c1-6-41-40(44)38-37(32-21-19-29(20-22-32)25-43(7-2)8-3)39(47-42-38)34-23-33(28(4)5)35(45-26-30-15-11-9-12-16-30)24-36(34)46-27-31-17-13-10-14-18-31/h9-24,28H,6-8,25-27H2,1-5H3,(H,41,44). The predicted molar refractivity (Wildman–Crippen MR) is 188 cm³/mol. The zero-order valence-corrected chi connectivity index (χ0v) is 28.1. The molecule has 47 heavy (non-hydrogen) atoms. The Labute approximate surface area is 278 Å². The highest BCUT2D eigenvalue weighted by atomic mass is 16.5. The van der Waals surface area contributed by atoms with Crippen LogP contribution in [0.5, 0.6) is 11.5 Å². The molecule has 1 aromatic heterocycles. The van der Waals surface area contributed by atoms with E-state index in [-0.39, 0.29) is 17.5 Å². The Hall–Kier alpha value is -4.88. The topological polar surface area (TPSA) is 76.8 Å². The molecule has 0 saturated heterocycles. The summed E-state index contributed by atoms with van der Waals surface area (Å²) < 4.78 is 19.0. The van der Waals surface area contributed by atoms with Crippen LogP contribution >= 0.6 is 0 Å². The van der Waals surface area contributed by atoms with E-state index in [9.17, 15) is 4.79 Å². The quantitative estimate of drug-likeness (QED) is 0.124. The van der Waals surface area contributed by atoms with Gasteiger partial charge in [0, 0.05) is 19.2 Å². The van der Waals surface area contributed by atoms with Crippen molar-refractivity contribution in [3.05, 3.63) is 125 Å². The molecule has 7 heteroatoms. The molecule has 0 atom stereocenters. The number of carbonyl (C=O) groups excluding carboxylic acids is 1. The van der Waals surface area contributed by atoms with Crippen molar-refractivity contribution in [3.8, 4) is 33.9 Å². The highest BCUT2D eigenvalue weighted by molar-refractivity contribution is 6.02. The molecule has 0 spiro atoms. The van der Waals surface area contributed by atoms with Gasteiger partial charge in [-0.2, -0.15) is 0 Å². The average Bonchev–Trinajstić information content (AvgIpc) is 3.55. The van der Waals surface area contributed by atoms with Gasteiger partial charge in [0.05, 0.1) is 11.1 Å². The third-order valence-electron chi connectivity index (χ3n) is 8.24. The van der Waals surface area contributed by atoms with Crippen LogP contribution in [0.15, 0.2) is 102 Å². The number of nitrogens with one attached hydrogen (secondary N) is 1. The second kappa shape index (κ2) is 16.1. The van der Waals surface area contributed by atoms with E-state index in [1.54, 1.807) is 0 Å². The van der Waals surface area contributed by atoms with Gasteiger partial charge in [-0.05, 0) is 59.8 Å². The first-order valence-electron chi connectivity index (χ1n) is 16.5. The SMILES string of the molecule is CCNC(=O)c1noc(-c2cc(C(C)C)c(OCc3ccccc3)cc2OCc2ccccc2)c1-c1ccc(CN(CC)CC)cc1. The summed E-state index contributed by atoms with van der Waals surface area (Å²) >= 11 is 0. The van der Waals surface area contributed by atoms with Gasteiger partial charge in [0.15, 0.2) is 11.5 Å². The number of carbonyl (C=O) groups is 1. The summed E-state index contributed by atoms with van der Waals surface area (Å²) in [5.41, 5.74) is 6.72. The fourth-order valence-electron chi connectivity index (χ4n) is 5.54. The number of nitrogens with zero attached hydrogens (tertiary/aromatic N) is 2. The molecule has 0 bridgehead atoms. The van der Waals surface area contributed by atoms with Gasteiger partial charge >= 0.3 is 0 Å². The highest BCUT2D eigenvalue weighted by Gasteiger charge is 2.28. The molecule has 0 radical (unpaired) electrons. The number of hydrogen-bond donors (Lipinski definition) is 1. The van der Waals surface area contributed by atoms with Crippen molar-refractivity contribution < 1.29 is 18.8 Å². The highest BCUT2D eigenvalue weighted by Crippen LogP contribution is 2.44. The van der Waals surface area contributed by atoms with E-state index in [1.807, 2.05) is 85.8 Å². The first-order valence-corrected chi connectivity index (χ1v) is 16.5. The minimum absolute atomic E-state index is 0.135. The van der Waals surface area contributed by atoms with Crippen LogP contribution in [-0.2, 0) is 19.8 Å². The molecular weight excluding hydrogens is 586 g/mol. The zero-order chi connectivity index (χ0) is 33.2. The average molecular weight is 632 g/mol. The molecule has 0 saturated carbocycles. The maximum absolute atomic E-state index is 13.3. The number of ether oxygens (including phenoxy) is 2. The van der Waals surface area contributed by atoms with E-state index in [1.165, 1.54) is 5.56 Å². The van der Waals surface area contributed by atoms with E-state index in [0.717, 1.165) is 47.6 Å². The summed E-state index contributed by atoms with van der Waals surface area (Å²) in [6.07, 6.45) is 0. The minimum Gasteiger partial charge on any atom is -0.488 e.